The maximum atomic E-state index is 11.7. The molecular weight excluding hydrogens is 226 g/mol. The molecule has 0 bridgehead atoms. The first kappa shape index (κ1) is 14.6. The van der Waals surface area contributed by atoms with Gasteiger partial charge in [0.2, 0.25) is 0 Å². The van der Waals surface area contributed by atoms with Gasteiger partial charge < -0.3 is 10.1 Å². The predicted octanol–water partition coefficient (Wildman–Crippen LogP) is 2.99. The van der Waals surface area contributed by atoms with Gasteiger partial charge in [-0.05, 0) is 43.9 Å². The second-order valence-electron chi connectivity index (χ2n) is 4.64. The van der Waals surface area contributed by atoms with Crippen molar-refractivity contribution in [2.24, 2.45) is 0 Å². The van der Waals surface area contributed by atoms with E-state index in [9.17, 15) is 4.79 Å². The first-order valence-electron chi connectivity index (χ1n) is 6.56. The Kier molecular flexibility index (Phi) is 5.69. The highest BCUT2D eigenvalue weighted by Crippen LogP contribution is 2.18. The van der Waals surface area contributed by atoms with Gasteiger partial charge in [0.15, 0.2) is 6.61 Å². The normalized spacial score (nSPS) is 10.5. The summed E-state index contributed by atoms with van der Waals surface area (Å²) in [6.45, 7) is 8.21. The van der Waals surface area contributed by atoms with E-state index in [1.807, 2.05) is 32.0 Å². The summed E-state index contributed by atoms with van der Waals surface area (Å²) < 4.78 is 5.56. The Hall–Kier alpha value is -1.51. The highest BCUT2D eigenvalue weighted by molar-refractivity contribution is 5.77. The third kappa shape index (κ3) is 4.40. The molecule has 0 heterocycles. The highest BCUT2D eigenvalue weighted by Gasteiger charge is 2.09. The van der Waals surface area contributed by atoms with Crippen molar-refractivity contribution in [3.63, 3.8) is 0 Å². The molecule has 0 aromatic heterocycles. The molecule has 1 rings (SSSR count). The third-order valence-corrected chi connectivity index (χ3v) is 3.05. The van der Waals surface area contributed by atoms with Crippen molar-refractivity contribution < 1.29 is 9.53 Å². The van der Waals surface area contributed by atoms with E-state index in [2.05, 4.69) is 19.2 Å². The lowest BCUT2D eigenvalue weighted by Gasteiger charge is -2.15. The number of hydrogen-bond donors (Lipinski definition) is 1. The fourth-order valence-corrected chi connectivity index (χ4v) is 1.77. The number of ether oxygens (including phenoxy) is 1. The topological polar surface area (TPSA) is 38.3 Å². The molecule has 0 saturated carbocycles. The van der Waals surface area contributed by atoms with E-state index in [0.717, 1.165) is 29.7 Å². The van der Waals surface area contributed by atoms with Crippen LogP contribution in [0, 0.1) is 13.8 Å². The number of aryl methyl sites for hydroxylation is 2. The van der Waals surface area contributed by atoms with Gasteiger partial charge in [0.1, 0.15) is 5.75 Å². The highest BCUT2D eigenvalue weighted by atomic mass is 16.5. The van der Waals surface area contributed by atoms with Crippen molar-refractivity contribution in [3.05, 3.63) is 29.3 Å². The van der Waals surface area contributed by atoms with Crippen molar-refractivity contribution in [1.82, 2.24) is 5.32 Å². The van der Waals surface area contributed by atoms with Crippen LogP contribution in [0.1, 0.15) is 37.8 Å². The minimum atomic E-state index is -0.0513. The Morgan fingerprint density at radius 1 is 1.28 bits per heavy atom. The summed E-state index contributed by atoms with van der Waals surface area (Å²) in [6.07, 6.45) is 1.90. The molecule has 100 valence electrons. The van der Waals surface area contributed by atoms with Gasteiger partial charge in [-0.3, -0.25) is 4.79 Å². The van der Waals surface area contributed by atoms with Crippen molar-refractivity contribution in [2.45, 2.75) is 46.6 Å². The fourth-order valence-electron chi connectivity index (χ4n) is 1.77. The van der Waals surface area contributed by atoms with E-state index in [1.54, 1.807) is 0 Å². The summed E-state index contributed by atoms with van der Waals surface area (Å²) in [4.78, 5) is 11.7. The average Bonchev–Trinajstić information content (AvgIpc) is 2.37. The van der Waals surface area contributed by atoms with Gasteiger partial charge in [0.05, 0.1) is 0 Å². The smallest absolute Gasteiger partial charge is 0.258 e. The van der Waals surface area contributed by atoms with Crippen molar-refractivity contribution in [3.8, 4) is 5.75 Å². The van der Waals surface area contributed by atoms with Gasteiger partial charge in [0.25, 0.3) is 5.91 Å². The quantitative estimate of drug-likeness (QED) is 0.841. The number of carbonyl (C=O) groups excluding carboxylic acids is 1. The number of amides is 1. The lowest BCUT2D eigenvalue weighted by atomic mass is 10.1. The summed E-state index contributed by atoms with van der Waals surface area (Å²) in [5.74, 6) is 0.735. The third-order valence-electron chi connectivity index (χ3n) is 3.05. The van der Waals surface area contributed by atoms with Crippen LogP contribution < -0.4 is 10.1 Å². The molecule has 0 unspecified atom stereocenters. The zero-order valence-corrected chi connectivity index (χ0v) is 11.7. The van der Waals surface area contributed by atoms with Gasteiger partial charge in [0, 0.05) is 6.04 Å². The molecule has 0 fully saturated rings. The summed E-state index contributed by atoms with van der Waals surface area (Å²) in [5.41, 5.74) is 2.19. The molecule has 3 nitrogen and oxygen atoms in total. The summed E-state index contributed by atoms with van der Waals surface area (Å²) in [5, 5.41) is 2.96. The number of nitrogens with one attached hydrogen (secondary N) is 1. The van der Waals surface area contributed by atoms with Crippen LogP contribution in [0.25, 0.3) is 0 Å². The fraction of sp³-hybridized carbons (Fsp3) is 0.533. The van der Waals surface area contributed by atoms with Gasteiger partial charge in [-0.25, -0.2) is 0 Å². The van der Waals surface area contributed by atoms with Crippen LogP contribution in [0.4, 0.5) is 0 Å². The van der Waals surface area contributed by atoms with E-state index in [0.29, 0.717) is 0 Å². The van der Waals surface area contributed by atoms with Gasteiger partial charge in [-0.15, -0.1) is 0 Å². The Balaban J connectivity index is 2.49. The van der Waals surface area contributed by atoms with Crippen molar-refractivity contribution in [2.75, 3.05) is 6.61 Å². The van der Waals surface area contributed by atoms with Crippen LogP contribution in [-0.2, 0) is 4.79 Å². The van der Waals surface area contributed by atoms with Gasteiger partial charge in [-0.1, -0.05) is 26.0 Å². The number of rotatable bonds is 6. The van der Waals surface area contributed by atoms with Crippen LogP contribution in [0.2, 0.25) is 0 Å². The first-order chi connectivity index (χ1) is 8.56. The molecule has 0 saturated heterocycles. The van der Waals surface area contributed by atoms with Crippen LogP contribution in [0.5, 0.6) is 5.75 Å². The lowest BCUT2D eigenvalue weighted by Crippen LogP contribution is -2.37. The average molecular weight is 249 g/mol. The summed E-state index contributed by atoms with van der Waals surface area (Å²) >= 11 is 0. The van der Waals surface area contributed by atoms with E-state index in [-0.39, 0.29) is 18.6 Å². The van der Waals surface area contributed by atoms with Gasteiger partial charge >= 0.3 is 0 Å². The SMILES string of the molecule is CCC(CC)NC(=O)COc1cc(C)ccc1C. The molecule has 3 heteroatoms. The van der Waals surface area contributed by atoms with Crippen LogP contribution >= 0.6 is 0 Å². The number of carbonyl (C=O) groups is 1. The van der Waals surface area contributed by atoms with E-state index in [4.69, 9.17) is 4.74 Å². The predicted molar refractivity (Wildman–Crippen MR) is 73.9 cm³/mol. The zero-order valence-electron chi connectivity index (χ0n) is 11.7. The first-order valence-corrected chi connectivity index (χ1v) is 6.56. The van der Waals surface area contributed by atoms with Crippen molar-refractivity contribution >= 4 is 5.91 Å². The van der Waals surface area contributed by atoms with Crippen LogP contribution in [-0.4, -0.2) is 18.6 Å². The Labute approximate surface area is 110 Å². The monoisotopic (exact) mass is 249 g/mol. The summed E-state index contributed by atoms with van der Waals surface area (Å²) in [6, 6.07) is 6.25. The maximum absolute atomic E-state index is 11.7. The van der Waals surface area contributed by atoms with Crippen LogP contribution in [0.15, 0.2) is 18.2 Å². The lowest BCUT2D eigenvalue weighted by molar-refractivity contribution is -0.123. The molecule has 0 spiro atoms. The maximum Gasteiger partial charge on any atom is 0.258 e. The van der Waals surface area contributed by atoms with Crippen molar-refractivity contribution in [1.29, 1.82) is 0 Å². The summed E-state index contributed by atoms with van der Waals surface area (Å²) in [7, 11) is 0. The molecule has 0 radical (unpaired) electrons. The second kappa shape index (κ2) is 7.04. The molecule has 0 aliphatic rings. The Morgan fingerprint density at radius 3 is 2.56 bits per heavy atom. The standard InChI is InChI=1S/C15H23NO2/c1-5-13(6-2)16-15(17)10-18-14-9-11(3)7-8-12(14)4/h7-9,13H,5-6,10H2,1-4H3,(H,16,17). The van der Waals surface area contributed by atoms with E-state index in [1.165, 1.54) is 0 Å². The minimum Gasteiger partial charge on any atom is -0.483 e. The molecule has 1 amide bonds. The van der Waals surface area contributed by atoms with E-state index < -0.39 is 0 Å². The zero-order chi connectivity index (χ0) is 13.5. The molecule has 0 atom stereocenters. The molecular formula is C15H23NO2. The Morgan fingerprint density at radius 2 is 1.94 bits per heavy atom. The van der Waals surface area contributed by atoms with Crippen LogP contribution in [0.3, 0.4) is 0 Å². The molecule has 1 aromatic rings. The molecule has 1 aromatic carbocycles. The molecule has 0 aliphatic carbocycles. The molecule has 0 aliphatic heterocycles. The largest absolute Gasteiger partial charge is 0.483 e. The molecule has 18 heavy (non-hydrogen) atoms. The Bertz CT molecular complexity index is 397. The molecule has 1 N–H and O–H groups in total. The number of benzene rings is 1. The van der Waals surface area contributed by atoms with E-state index >= 15 is 0 Å². The second-order valence-corrected chi connectivity index (χ2v) is 4.64. The number of hydrogen-bond acceptors (Lipinski definition) is 2. The van der Waals surface area contributed by atoms with Gasteiger partial charge in [-0.2, -0.15) is 0 Å². The minimum absolute atomic E-state index is 0.0513.